The van der Waals surface area contributed by atoms with Gasteiger partial charge < -0.3 is 4.42 Å². The fraction of sp³-hybridized carbons (Fsp3) is 0.0200. The number of aliphatic imine (C=N–C) groups is 3. The van der Waals surface area contributed by atoms with Crippen molar-refractivity contribution in [3.63, 3.8) is 0 Å². The molecule has 0 fully saturated rings. The second-order valence-electron chi connectivity index (χ2n) is 13.3. The van der Waals surface area contributed by atoms with Gasteiger partial charge in [-0.1, -0.05) is 164 Å². The smallest absolute Gasteiger partial charge is 0.161 e. The van der Waals surface area contributed by atoms with E-state index in [1.54, 1.807) is 0 Å². The fourth-order valence-electron chi connectivity index (χ4n) is 7.15. The van der Waals surface area contributed by atoms with Crippen LogP contribution in [0.1, 0.15) is 16.7 Å². The van der Waals surface area contributed by atoms with Gasteiger partial charge in [-0.15, -0.1) is 0 Å². The van der Waals surface area contributed by atoms with Crippen molar-refractivity contribution in [2.75, 3.05) is 0 Å². The van der Waals surface area contributed by atoms with Crippen LogP contribution in [0.2, 0.25) is 0 Å². The number of hydrogen-bond acceptors (Lipinski definition) is 2. The standard InChI is InChI=1S/C50H35N3O/c1-51-49(41-21-13-20-39(30-41)35-16-7-3-8-17-35)53-50(52-33-34-14-5-2-6-15-34)38-26-24-37(25-27-38)45-32-46-43-29-28-40(36-18-9-4-10-19-36)31-47(43)54-48(46)44-23-12-11-22-42(44)45/h2-32H,1,33H2. The Morgan fingerprint density at radius 1 is 0.444 bits per heavy atom. The Bertz CT molecular complexity index is 2840. The van der Waals surface area contributed by atoms with Crippen LogP contribution in [0.25, 0.3) is 66.1 Å². The van der Waals surface area contributed by atoms with Gasteiger partial charge in [0.1, 0.15) is 11.2 Å². The Morgan fingerprint density at radius 3 is 1.76 bits per heavy atom. The molecule has 54 heavy (non-hydrogen) atoms. The highest BCUT2D eigenvalue weighted by molar-refractivity contribution is 6.19. The fourth-order valence-corrected chi connectivity index (χ4v) is 7.15. The summed E-state index contributed by atoms with van der Waals surface area (Å²) in [6.07, 6.45) is 0. The van der Waals surface area contributed by atoms with Crippen molar-refractivity contribution in [3.05, 3.63) is 205 Å². The van der Waals surface area contributed by atoms with Gasteiger partial charge in [-0.3, -0.25) is 4.99 Å². The van der Waals surface area contributed by atoms with E-state index in [1.807, 2.05) is 54.6 Å². The molecule has 0 saturated heterocycles. The molecule has 0 atom stereocenters. The summed E-state index contributed by atoms with van der Waals surface area (Å²) >= 11 is 0. The van der Waals surface area contributed by atoms with Gasteiger partial charge in [0.25, 0.3) is 0 Å². The molecule has 4 nitrogen and oxygen atoms in total. The average molecular weight is 694 g/mol. The summed E-state index contributed by atoms with van der Waals surface area (Å²) in [5.41, 5.74) is 11.4. The zero-order valence-corrected chi connectivity index (χ0v) is 29.6. The molecule has 8 aromatic carbocycles. The normalized spacial score (nSPS) is 12.1. The number of rotatable bonds is 7. The molecule has 0 spiro atoms. The predicted molar refractivity (Wildman–Crippen MR) is 227 cm³/mol. The summed E-state index contributed by atoms with van der Waals surface area (Å²) in [6.45, 7) is 4.39. The van der Waals surface area contributed by atoms with Gasteiger partial charge in [-0.05, 0) is 75.3 Å². The molecule has 9 rings (SSSR count). The highest BCUT2D eigenvalue weighted by Crippen LogP contribution is 2.40. The van der Waals surface area contributed by atoms with Gasteiger partial charge >= 0.3 is 0 Å². The molecule has 0 aliphatic carbocycles. The summed E-state index contributed by atoms with van der Waals surface area (Å²) in [4.78, 5) is 14.5. The van der Waals surface area contributed by atoms with Crippen LogP contribution < -0.4 is 0 Å². The van der Waals surface area contributed by atoms with E-state index in [1.165, 1.54) is 5.56 Å². The monoisotopic (exact) mass is 693 g/mol. The number of fused-ring (bicyclic) bond motifs is 5. The van der Waals surface area contributed by atoms with Gasteiger partial charge in [0.2, 0.25) is 0 Å². The molecule has 1 heterocycles. The third kappa shape index (κ3) is 6.42. The minimum atomic E-state index is 0.483. The van der Waals surface area contributed by atoms with Crippen LogP contribution in [0.3, 0.4) is 0 Å². The third-order valence-electron chi connectivity index (χ3n) is 9.88. The zero-order chi connectivity index (χ0) is 36.3. The lowest BCUT2D eigenvalue weighted by atomic mass is 9.94. The van der Waals surface area contributed by atoms with Gasteiger partial charge in [0, 0.05) is 27.3 Å². The minimum absolute atomic E-state index is 0.483. The minimum Gasteiger partial charge on any atom is -0.455 e. The molecule has 0 unspecified atom stereocenters. The first-order chi connectivity index (χ1) is 26.7. The van der Waals surface area contributed by atoms with E-state index in [9.17, 15) is 0 Å². The summed E-state index contributed by atoms with van der Waals surface area (Å²) in [5.74, 6) is 1.11. The van der Waals surface area contributed by atoms with Gasteiger partial charge in [0.05, 0.1) is 6.54 Å². The quantitative estimate of drug-likeness (QED) is 0.121. The number of benzene rings is 8. The van der Waals surface area contributed by atoms with Gasteiger partial charge in [-0.2, -0.15) is 0 Å². The molecule has 0 N–H and O–H groups in total. The molecule has 0 aliphatic rings. The lowest BCUT2D eigenvalue weighted by molar-refractivity contribution is 0.673. The molecule has 0 aliphatic heterocycles. The highest BCUT2D eigenvalue weighted by Gasteiger charge is 2.16. The maximum Gasteiger partial charge on any atom is 0.161 e. The molecule has 256 valence electrons. The van der Waals surface area contributed by atoms with Crippen molar-refractivity contribution in [1.29, 1.82) is 0 Å². The summed E-state index contributed by atoms with van der Waals surface area (Å²) < 4.78 is 6.60. The number of hydrogen-bond donors (Lipinski definition) is 0. The Labute approximate surface area is 314 Å². The molecule has 0 radical (unpaired) electrons. The van der Waals surface area contributed by atoms with Crippen LogP contribution >= 0.6 is 0 Å². The van der Waals surface area contributed by atoms with Crippen LogP contribution in [-0.2, 0) is 6.54 Å². The SMILES string of the molecule is C=NC(=NC(=NCc1ccccc1)c1ccc(-c2cc3c4ccc(-c5ccccc5)cc4oc3c3ccccc23)cc1)c1cccc(-c2ccccc2)c1. The largest absolute Gasteiger partial charge is 0.455 e. The number of nitrogens with zero attached hydrogens (tertiary/aromatic N) is 3. The number of amidine groups is 2. The molecular weight excluding hydrogens is 659 g/mol. The molecule has 1 aromatic heterocycles. The van der Waals surface area contributed by atoms with Crippen LogP contribution in [0.5, 0.6) is 0 Å². The zero-order valence-electron chi connectivity index (χ0n) is 29.6. The van der Waals surface area contributed by atoms with Crippen LogP contribution in [0.15, 0.2) is 207 Å². The topological polar surface area (TPSA) is 50.2 Å². The summed E-state index contributed by atoms with van der Waals surface area (Å²) in [5, 5.41) is 4.41. The third-order valence-corrected chi connectivity index (χ3v) is 9.88. The molecule has 0 bridgehead atoms. The van der Waals surface area contributed by atoms with Crippen molar-refractivity contribution in [3.8, 4) is 33.4 Å². The number of furan rings is 1. The van der Waals surface area contributed by atoms with E-state index in [2.05, 4.69) is 145 Å². The van der Waals surface area contributed by atoms with E-state index < -0.39 is 0 Å². The summed E-state index contributed by atoms with van der Waals surface area (Å²) in [6, 6.07) is 65.0. The first-order valence-corrected chi connectivity index (χ1v) is 18.1. The first-order valence-electron chi connectivity index (χ1n) is 18.1. The second kappa shape index (κ2) is 14.5. The van der Waals surface area contributed by atoms with E-state index in [-0.39, 0.29) is 0 Å². The van der Waals surface area contributed by atoms with E-state index in [4.69, 9.17) is 14.4 Å². The van der Waals surface area contributed by atoms with Gasteiger partial charge in [0.15, 0.2) is 11.7 Å². The van der Waals surface area contributed by atoms with Crippen molar-refractivity contribution < 1.29 is 4.42 Å². The first kappa shape index (κ1) is 32.7. The maximum absolute atomic E-state index is 6.60. The van der Waals surface area contributed by atoms with Crippen molar-refractivity contribution >= 4 is 51.1 Å². The maximum atomic E-state index is 6.60. The Morgan fingerprint density at radius 2 is 1.06 bits per heavy atom. The highest BCUT2D eigenvalue weighted by atomic mass is 16.3. The Hall–Kier alpha value is -7.17. The van der Waals surface area contributed by atoms with Crippen LogP contribution in [-0.4, -0.2) is 18.4 Å². The lowest BCUT2D eigenvalue weighted by Gasteiger charge is -2.10. The summed E-state index contributed by atoms with van der Waals surface area (Å²) in [7, 11) is 0. The average Bonchev–Trinajstić information content (AvgIpc) is 3.63. The van der Waals surface area contributed by atoms with Crippen LogP contribution in [0.4, 0.5) is 0 Å². The van der Waals surface area contributed by atoms with E-state index in [0.717, 1.165) is 77.2 Å². The van der Waals surface area contributed by atoms with E-state index >= 15 is 0 Å². The van der Waals surface area contributed by atoms with Crippen LogP contribution in [0, 0.1) is 0 Å². The molecule has 9 aromatic rings. The Balaban J connectivity index is 1.12. The molecule has 4 heteroatoms. The second-order valence-corrected chi connectivity index (χ2v) is 13.3. The Kier molecular flexibility index (Phi) is 8.76. The lowest BCUT2D eigenvalue weighted by Crippen LogP contribution is -2.06. The molecule has 0 saturated carbocycles. The molecular formula is C50H35N3O. The molecule has 0 amide bonds. The van der Waals surface area contributed by atoms with Crippen molar-refractivity contribution in [2.24, 2.45) is 15.0 Å². The van der Waals surface area contributed by atoms with E-state index in [0.29, 0.717) is 18.2 Å². The van der Waals surface area contributed by atoms with Crippen molar-refractivity contribution in [2.45, 2.75) is 6.54 Å². The van der Waals surface area contributed by atoms with Gasteiger partial charge in [-0.25, -0.2) is 9.98 Å². The predicted octanol–water partition coefficient (Wildman–Crippen LogP) is 12.8. The van der Waals surface area contributed by atoms with Crippen molar-refractivity contribution in [1.82, 2.24) is 0 Å².